The summed E-state index contributed by atoms with van der Waals surface area (Å²) < 4.78 is 5.17. The molecule has 0 radical (unpaired) electrons. The molecule has 2 heterocycles. The van der Waals surface area contributed by atoms with Crippen LogP contribution in [0, 0.1) is 5.92 Å². The fraction of sp³-hybridized carbons (Fsp3) is 0.522. The van der Waals surface area contributed by atoms with Gasteiger partial charge in [0.05, 0.1) is 13.0 Å². The fourth-order valence-corrected chi connectivity index (χ4v) is 4.46. The number of piperidine rings is 1. The highest BCUT2D eigenvalue weighted by atomic mass is 16.5. The van der Waals surface area contributed by atoms with Crippen molar-refractivity contribution >= 4 is 17.7 Å². The third-order valence-electron chi connectivity index (χ3n) is 6.14. The maximum absolute atomic E-state index is 13.4. The number of fused-ring (bicyclic) bond motifs is 1. The van der Waals surface area contributed by atoms with Crippen molar-refractivity contribution in [2.45, 2.75) is 38.8 Å². The van der Waals surface area contributed by atoms with Crippen LogP contribution < -0.4 is 4.74 Å². The zero-order valence-corrected chi connectivity index (χ0v) is 18.8. The summed E-state index contributed by atoms with van der Waals surface area (Å²) in [6, 6.07) is 7.41. The van der Waals surface area contributed by atoms with E-state index in [1.54, 1.807) is 24.0 Å². The van der Waals surface area contributed by atoms with E-state index in [1.807, 2.05) is 31.2 Å². The van der Waals surface area contributed by atoms with Crippen molar-refractivity contribution in [3.05, 3.63) is 41.1 Å². The molecule has 1 N–H and O–H groups in total. The number of rotatable bonds is 6. The molecule has 0 spiro atoms. The van der Waals surface area contributed by atoms with Gasteiger partial charge in [0.2, 0.25) is 5.91 Å². The van der Waals surface area contributed by atoms with Crippen LogP contribution in [0.15, 0.2) is 35.5 Å². The van der Waals surface area contributed by atoms with Crippen LogP contribution in [0.4, 0.5) is 0 Å². The second-order valence-corrected chi connectivity index (χ2v) is 8.40. The van der Waals surface area contributed by atoms with Gasteiger partial charge in [0.1, 0.15) is 11.4 Å². The summed E-state index contributed by atoms with van der Waals surface area (Å²) >= 11 is 0. The summed E-state index contributed by atoms with van der Waals surface area (Å²) in [7, 11) is 4.76. The zero-order chi connectivity index (χ0) is 22.9. The summed E-state index contributed by atoms with van der Waals surface area (Å²) in [4.78, 5) is 43.9. The molecule has 1 aromatic carbocycles. The highest BCUT2D eigenvalue weighted by Gasteiger charge is 2.55. The smallest absolute Gasteiger partial charge is 0.270 e. The van der Waals surface area contributed by atoms with E-state index in [1.165, 1.54) is 18.9 Å². The summed E-state index contributed by atoms with van der Waals surface area (Å²) in [5.41, 5.74) is -0.238. The predicted molar refractivity (Wildman–Crippen MR) is 115 cm³/mol. The molecule has 8 heteroatoms. The molecule has 2 atom stereocenters. The molecule has 168 valence electrons. The van der Waals surface area contributed by atoms with Crippen LogP contribution >= 0.6 is 0 Å². The second-order valence-electron chi connectivity index (χ2n) is 8.40. The summed E-state index contributed by atoms with van der Waals surface area (Å²) in [6.45, 7) is 4.62. The van der Waals surface area contributed by atoms with Crippen LogP contribution in [0.1, 0.15) is 32.3 Å². The Hall–Kier alpha value is -2.87. The Bertz CT molecular complexity index is 906. The molecule has 3 amide bonds. The lowest BCUT2D eigenvalue weighted by molar-refractivity contribution is -0.165. The molecule has 2 aliphatic heterocycles. The van der Waals surface area contributed by atoms with Crippen molar-refractivity contribution < 1.29 is 24.2 Å². The quantitative estimate of drug-likeness (QED) is 0.738. The summed E-state index contributed by atoms with van der Waals surface area (Å²) in [5, 5.41) is 11.1. The van der Waals surface area contributed by atoms with Crippen molar-refractivity contribution in [3.8, 4) is 5.75 Å². The van der Waals surface area contributed by atoms with Crippen molar-refractivity contribution in [3.63, 3.8) is 0 Å². The molecule has 31 heavy (non-hydrogen) atoms. The molecule has 8 nitrogen and oxygen atoms in total. The number of ether oxygens (including phenoxy) is 1. The molecule has 0 bridgehead atoms. The van der Waals surface area contributed by atoms with Gasteiger partial charge in [-0.3, -0.25) is 14.4 Å². The monoisotopic (exact) mass is 429 g/mol. The van der Waals surface area contributed by atoms with Crippen molar-refractivity contribution in [2.24, 2.45) is 5.92 Å². The Morgan fingerprint density at radius 2 is 1.94 bits per heavy atom. The van der Waals surface area contributed by atoms with Gasteiger partial charge in [0.25, 0.3) is 11.8 Å². The lowest BCUT2D eigenvalue weighted by Gasteiger charge is -2.46. The first-order valence-corrected chi connectivity index (χ1v) is 10.5. The molecule has 1 fully saturated rings. The SMILES string of the molecule is CCCN(C)C(=O)C1=C2CCN(Cc3ccc(OC)cc3)C(=O)C2C(C)(O)C(=O)N1C. The van der Waals surface area contributed by atoms with Crippen LogP contribution in [0.25, 0.3) is 0 Å². The second kappa shape index (κ2) is 8.70. The van der Waals surface area contributed by atoms with Gasteiger partial charge in [-0.05, 0) is 43.0 Å². The van der Waals surface area contributed by atoms with E-state index in [-0.39, 0.29) is 17.5 Å². The Kier molecular flexibility index (Phi) is 6.40. The van der Waals surface area contributed by atoms with Gasteiger partial charge in [-0.1, -0.05) is 19.1 Å². The molecule has 1 saturated heterocycles. The summed E-state index contributed by atoms with van der Waals surface area (Å²) in [5.74, 6) is -1.63. The Labute approximate surface area is 183 Å². The van der Waals surface area contributed by atoms with Gasteiger partial charge < -0.3 is 24.5 Å². The topological polar surface area (TPSA) is 90.4 Å². The number of benzene rings is 1. The average molecular weight is 430 g/mol. The standard InChI is InChI=1S/C23H31N3O5/c1-6-12-24(3)21(28)19-17-11-13-26(14-15-7-9-16(31-5)10-8-15)20(27)18(17)23(2,30)22(29)25(19)4/h7-10,18,30H,6,11-14H2,1-5H3. The molecule has 2 unspecified atom stereocenters. The highest BCUT2D eigenvalue weighted by molar-refractivity contribution is 6.05. The highest BCUT2D eigenvalue weighted by Crippen LogP contribution is 2.41. The molecule has 0 aliphatic carbocycles. The summed E-state index contributed by atoms with van der Waals surface area (Å²) in [6.07, 6.45) is 1.19. The Balaban J connectivity index is 1.96. The lowest BCUT2D eigenvalue weighted by atomic mass is 9.73. The van der Waals surface area contributed by atoms with Gasteiger partial charge in [-0.25, -0.2) is 0 Å². The van der Waals surface area contributed by atoms with E-state index >= 15 is 0 Å². The Morgan fingerprint density at radius 1 is 1.29 bits per heavy atom. The number of aliphatic hydroxyl groups is 1. The van der Waals surface area contributed by atoms with Crippen LogP contribution in [0.5, 0.6) is 5.75 Å². The van der Waals surface area contributed by atoms with E-state index in [0.29, 0.717) is 31.6 Å². The normalized spacial score (nSPS) is 23.7. The number of amides is 3. The van der Waals surface area contributed by atoms with Gasteiger partial charge in [-0.15, -0.1) is 0 Å². The molecule has 2 aliphatic rings. The third kappa shape index (κ3) is 4.04. The van der Waals surface area contributed by atoms with Crippen molar-refractivity contribution in [1.82, 2.24) is 14.7 Å². The number of carbonyl (C=O) groups is 3. The van der Waals surface area contributed by atoms with Crippen LogP contribution in [-0.2, 0) is 20.9 Å². The first-order valence-electron chi connectivity index (χ1n) is 10.5. The lowest BCUT2D eigenvalue weighted by Crippen LogP contribution is -2.62. The number of nitrogens with zero attached hydrogens (tertiary/aromatic N) is 3. The van der Waals surface area contributed by atoms with Gasteiger partial charge in [-0.2, -0.15) is 0 Å². The minimum Gasteiger partial charge on any atom is -0.497 e. The largest absolute Gasteiger partial charge is 0.497 e. The number of hydrogen-bond donors (Lipinski definition) is 1. The average Bonchev–Trinajstić information content (AvgIpc) is 2.74. The molecule has 1 aromatic rings. The van der Waals surface area contributed by atoms with Crippen molar-refractivity contribution in [2.75, 3.05) is 34.3 Å². The molecule has 0 saturated carbocycles. The van der Waals surface area contributed by atoms with E-state index in [2.05, 4.69) is 0 Å². The van der Waals surface area contributed by atoms with Crippen LogP contribution in [-0.4, -0.2) is 77.4 Å². The predicted octanol–water partition coefficient (Wildman–Crippen LogP) is 1.39. The van der Waals surface area contributed by atoms with Crippen LogP contribution in [0.2, 0.25) is 0 Å². The first-order chi connectivity index (χ1) is 14.6. The number of hydrogen-bond acceptors (Lipinski definition) is 5. The minimum absolute atomic E-state index is 0.218. The molecular weight excluding hydrogens is 398 g/mol. The number of carbonyl (C=O) groups excluding carboxylic acids is 3. The number of methoxy groups -OCH3 is 1. The number of likely N-dealkylation sites (tertiary alicyclic amines) is 1. The van der Waals surface area contributed by atoms with Gasteiger partial charge >= 0.3 is 0 Å². The molecular formula is C23H31N3O5. The first kappa shape index (κ1) is 22.8. The molecule has 0 aromatic heterocycles. The van der Waals surface area contributed by atoms with E-state index < -0.39 is 17.4 Å². The van der Waals surface area contributed by atoms with Gasteiger partial charge in [0.15, 0.2) is 5.60 Å². The van der Waals surface area contributed by atoms with Crippen molar-refractivity contribution in [1.29, 1.82) is 0 Å². The number of likely N-dealkylation sites (N-methyl/N-ethyl adjacent to an activating group) is 2. The van der Waals surface area contributed by atoms with E-state index in [4.69, 9.17) is 4.74 Å². The maximum atomic E-state index is 13.4. The Morgan fingerprint density at radius 3 is 2.52 bits per heavy atom. The van der Waals surface area contributed by atoms with E-state index in [0.717, 1.165) is 17.7 Å². The fourth-order valence-electron chi connectivity index (χ4n) is 4.46. The maximum Gasteiger partial charge on any atom is 0.270 e. The van der Waals surface area contributed by atoms with Gasteiger partial charge in [0, 0.05) is 33.7 Å². The van der Waals surface area contributed by atoms with E-state index in [9.17, 15) is 19.5 Å². The zero-order valence-electron chi connectivity index (χ0n) is 18.8. The minimum atomic E-state index is -1.91. The third-order valence-corrected chi connectivity index (χ3v) is 6.14. The molecule has 3 rings (SSSR count). The van der Waals surface area contributed by atoms with Crippen LogP contribution in [0.3, 0.4) is 0 Å².